The Morgan fingerprint density at radius 3 is 3.00 bits per heavy atom. The Bertz CT molecular complexity index is 433. The molecule has 2 heteroatoms. The van der Waals surface area contributed by atoms with Crippen LogP contribution in [0, 0.1) is 17.8 Å². The first-order valence-corrected chi connectivity index (χ1v) is 5.99. The van der Waals surface area contributed by atoms with E-state index in [0.717, 1.165) is 11.6 Å². The van der Waals surface area contributed by atoms with E-state index in [9.17, 15) is 0 Å². The number of pyridine rings is 1. The highest BCUT2D eigenvalue weighted by atomic mass is 14.7. The van der Waals surface area contributed by atoms with E-state index in [0.29, 0.717) is 11.8 Å². The Labute approximate surface area is 96.1 Å². The summed E-state index contributed by atoms with van der Waals surface area (Å²) in [6.45, 7) is 2.34. The van der Waals surface area contributed by atoms with Gasteiger partial charge in [-0.3, -0.25) is 9.98 Å². The third kappa shape index (κ3) is 1.58. The highest BCUT2D eigenvalue weighted by Gasteiger charge is 2.35. The van der Waals surface area contributed by atoms with Crippen molar-refractivity contribution in [2.24, 2.45) is 22.7 Å². The van der Waals surface area contributed by atoms with E-state index in [1.807, 2.05) is 18.5 Å². The van der Waals surface area contributed by atoms with Crippen LogP contribution < -0.4 is 0 Å². The molecule has 3 atom stereocenters. The van der Waals surface area contributed by atoms with Gasteiger partial charge in [-0.05, 0) is 42.4 Å². The highest BCUT2D eigenvalue weighted by molar-refractivity contribution is 5.76. The van der Waals surface area contributed by atoms with Crippen LogP contribution in [0.15, 0.2) is 35.6 Å². The predicted octanol–water partition coefficient (Wildman–Crippen LogP) is 3.17. The van der Waals surface area contributed by atoms with Gasteiger partial charge in [0.25, 0.3) is 0 Å². The van der Waals surface area contributed by atoms with Gasteiger partial charge < -0.3 is 0 Å². The van der Waals surface area contributed by atoms with Crippen LogP contribution in [0.5, 0.6) is 0 Å². The lowest BCUT2D eigenvalue weighted by atomic mass is 9.86. The summed E-state index contributed by atoms with van der Waals surface area (Å²) in [6, 6.07) is 6.10. The summed E-state index contributed by atoms with van der Waals surface area (Å²) in [5.41, 5.74) is 2.43. The number of nitrogens with zero attached hydrogens (tertiary/aromatic N) is 2. The van der Waals surface area contributed by atoms with Crippen LogP contribution >= 0.6 is 0 Å². The van der Waals surface area contributed by atoms with Crippen molar-refractivity contribution in [1.82, 2.24) is 4.98 Å². The smallest absolute Gasteiger partial charge is 0.0680 e. The summed E-state index contributed by atoms with van der Waals surface area (Å²) >= 11 is 0. The standard InChI is InChI=1S/C14H16N2/c1-10-6-11-8-15-9-13(12(11)7-10)14-4-2-3-5-16-14/h2-5,8-12H,6-7H2,1H3. The molecule has 3 unspecified atom stereocenters. The van der Waals surface area contributed by atoms with Crippen LogP contribution in [0.1, 0.15) is 25.5 Å². The molecule has 1 aliphatic heterocycles. The average molecular weight is 212 g/mol. The summed E-state index contributed by atoms with van der Waals surface area (Å²) in [5, 5.41) is 0. The van der Waals surface area contributed by atoms with Gasteiger partial charge in [-0.2, -0.15) is 0 Å². The molecular formula is C14H16N2. The molecule has 0 amide bonds. The first-order chi connectivity index (χ1) is 7.84. The van der Waals surface area contributed by atoms with Gasteiger partial charge in [0.05, 0.1) is 5.69 Å². The van der Waals surface area contributed by atoms with Gasteiger partial charge in [0.2, 0.25) is 0 Å². The van der Waals surface area contributed by atoms with Gasteiger partial charge in [-0.1, -0.05) is 13.0 Å². The number of hydrogen-bond acceptors (Lipinski definition) is 2. The minimum absolute atomic E-state index is 0.636. The van der Waals surface area contributed by atoms with Gasteiger partial charge in [0.1, 0.15) is 0 Å². The van der Waals surface area contributed by atoms with E-state index in [1.165, 1.54) is 18.4 Å². The van der Waals surface area contributed by atoms with Crippen LogP contribution in [0.3, 0.4) is 0 Å². The largest absolute Gasteiger partial charge is 0.268 e. The molecule has 0 bridgehead atoms. The highest BCUT2D eigenvalue weighted by Crippen LogP contribution is 2.44. The second-order valence-electron chi connectivity index (χ2n) is 4.94. The monoisotopic (exact) mass is 212 g/mol. The summed E-state index contributed by atoms with van der Waals surface area (Å²) in [4.78, 5) is 8.83. The Kier molecular flexibility index (Phi) is 2.35. The molecule has 1 aliphatic carbocycles. The molecule has 82 valence electrons. The maximum Gasteiger partial charge on any atom is 0.0680 e. The van der Waals surface area contributed by atoms with Gasteiger partial charge in [0, 0.05) is 24.5 Å². The summed E-state index contributed by atoms with van der Waals surface area (Å²) in [5.74, 6) is 2.09. The summed E-state index contributed by atoms with van der Waals surface area (Å²) < 4.78 is 0. The fourth-order valence-electron chi connectivity index (χ4n) is 2.97. The molecule has 1 aromatic rings. The minimum atomic E-state index is 0.636. The molecule has 2 aliphatic rings. The number of rotatable bonds is 1. The van der Waals surface area contributed by atoms with Crippen molar-refractivity contribution in [1.29, 1.82) is 0 Å². The summed E-state index contributed by atoms with van der Waals surface area (Å²) in [7, 11) is 0. The van der Waals surface area contributed by atoms with Gasteiger partial charge >= 0.3 is 0 Å². The van der Waals surface area contributed by atoms with Crippen LogP contribution in [0.25, 0.3) is 5.57 Å². The Morgan fingerprint density at radius 2 is 2.19 bits per heavy atom. The van der Waals surface area contributed by atoms with Crippen molar-refractivity contribution in [3.8, 4) is 0 Å². The van der Waals surface area contributed by atoms with Crippen LogP contribution in [-0.4, -0.2) is 11.2 Å². The number of fused-ring (bicyclic) bond motifs is 1. The molecule has 2 nitrogen and oxygen atoms in total. The fraction of sp³-hybridized carbons (Fsp3) is 0.429. The molecule has 0 radical (unpaired) electrons. The van der Waals surface area contributed by atoms with Crippen molar-refractivity contribution < 1.29 is 0 Å². The quantitative estimate of drug-likeness (QED) is 0.702. The van der Waals surface area contributed by atoms with Crippen molar-refractivity contribution in [2.45, 2.75) is 19.8 Å². The molecule has 0 N–H and O–H groups in total. The molecule has 0 aromatic carbocycles. The van der Waals surface area contributed by atoms with Gasteiger partial charge in [0.15, 0.2) is 0 Å². The Morgan fingerprint density at radius 1 is 1.25 bits per heavy atom. The molecule has 1 aromatic heterocycles. The maximum absolute atomic E-state index is 4.45. The Balaban J connectivity index is 1.96. The molecular weight excluding hydrogens is 196 g/mol. The third-order valence-corrected chi connectivity index (χ3v) is 3.70. The fourth-order valence-corrected chi connectivity index (χ4v) is 2.97. The zero-order chi connectivity index (χ0) is 11.0. The van der Waals surface area contributed by atoms with E-state index in [2.05, 4.69) is 35.2 Å². The van der Waals surface area contributed by atoms with Crippen LogP contribution in [0.4, 0.5) is 0 Å². The third-order valence-electron chi connectivity index (χ3n) is 3.70. The molecule has 16 heavy (non-hydrogen) atoms. The number of aromatic nitrogens is 1. The molecule has 0 spiro atoms. The second kappa shape index (κ2) is 3.85. The maximum atomic E-state index is 4.45. The summed E-state index contributed by atoms with van der Waals surface area (Å²) in [6.07, 6.45) is 8.54. The molecule has 1 fully saturated rings. The lowest BCUT2D eigenvalue weighted by Gasteiger charge is -2.21. The minimum Gasteiger partial charge on any atom is -0.268 e. The first kappa shape index (κ1) is 9.76. The molecule has 1 saturated carbocycles. The van der Waals surface area contributed by atoms with Crippen molar-refractivity contribution in [3.05, 3.63) is 36.3 Å². The van der Waals surface area contributed by atoms with E-state index < -0.39 is 0 Å². The lowest BCUT2D eigenvalue weighted by Crippen LogP contribution is -2.14. The Hall–Kier alpha value is -1.44. The predicted molar refractivity (Wildman–Crippen MR) is 66.1 cm³/mol. The molecule has 2 heterocycles. The van der Waals surface area contributed by atoms with Crippen LogP contribution in [0.2, 0.25) is 0 Å². The number of aliphatic imine (C=N–C) groups is 1. The SMILES string of the molecule is CC1CC2C=NC=C(c3ccccn3)C2C1. The number of allylic oxidation sites excluding steroid dienone is 1. The average Bonchev–Trinajstić information content (AvgIpc) is 2.70. The molecule has 3 rings (SSSR count). The van der Waals surface area contributed by atoms with E-state index in [-0.39, 0.29) is 0 Å². The first-order valence-electron chi connectivity index (χ1n) is 5.99. The van der Waals surface area contributed by atoms with E-state index in [4.69, 9.17) is 0 Å². The van der Waals surface area contributed by atoms with E-state index in [1.54, 1.807) is 0 Å². The zero-order valence-electron chi connectivity index (χ0n) is 9.50. The normalized spacial score (nSPS) is 32.3. The molecule has 0 saturated heterocycles. The van der Waals surface area contributed by atoms with Gasteiger partial charge in [-0.15, -0.1) is 0 Å². The van der Waals surface area contributed by atoms with Crippen LogP contribution in [-0.2, 0) is 0 Å². The zero-order valence-corrected chi connectivity index (χ0v) is 9.50. The van der Waals surface area contributed by atoms with Crippen molar-refractivity contribution >= 4 is 11.8 Å². The van der Waals surface area contributed by atoms with E-state index >= 15 is 0 Å². The van der Waals surface area contributed by atoms with Crippen molar-refractivity contribution in [2.75, 3.05) is 0 Å². The lowest BCUT2D eigenvalue weighted by molar-refractivity contribution is 0.590. The van der Waals surface area contributed by atoms with Crippen molar-refractivity contribution in [3.63, 3.8) is 0 Å². The number of hydrogen-bond donors (Lipinski definition) is 0. The topological polar surface area (TPSA) is 25.2 Å². The van der Waals surface area contributed by atoms with Gasteiger partial charge in [-0.25, -0.2) is 0 Å². The second-order valence-corrected chi connectivity index (χ2v) is 4.94.